The number of hydrogen-bond donors (Lipinski definition) is 0. The number of carbonyl (C=O) groups excluding carboxylic acids is 1. The predicted molar refractivity (Wildman–Crippen MR) is 5.69 cm³/mol. The number of halogens is 4. The molecule has 0 aromatic heterocycles. The maximum atomic E-state index is 7.50. The quantitative estimate of drug-likeness (QED) is 0.400. The number of rotatable bonds is 0. The van der Waals surface area contributed by atoms with Crippen molar-refractivity contribution in [1.82, 2.24) is 0 Å². The van der Waals surface area contributed by atoms with Crippen molar-refractivity contribution in [2.45, 2.75) is 0 Å². The molecule has 1 nitrogen and oxygen atoms in total. The van der Waals surface area contributed by atoms with Crippen LogP contribution < -0.4 is 49.6 Å². The van der Waals surface area contributed by atoms with Crippen molar-refractivity contribution in [3.05, 3.63) is 0 Å². The second-order valence-electron chi connectivity index (χ2n) is 0. The first-order valence-electron chi connectivity index (χ1n) is 0.204. The average Bonchev–Trinajstić information content (AvgIpc) is 1.00. The Morgan fingerprint density at radius 3 is 0.714 bits per heavy atom. The van der Waals surface area contributed by atoms with Crippen LogP contribution in [-0.4, -0.2) is 6.79 Å². The zero-order valence-corrected chi connectivity index (χ0v) is 7.54. The van der Waals surface area contributed by atoms with Crippen LogP contribution in [0, 0.1) is 0 Å². The molecule has 7 heavy (non-hydrogen) atoms. The van der Waals surface area contributed by atoms with Crippen molar-refractivity contribution in [3.63, 3.8) is 0 Å². The monoisotopic (exact) mass is 270 g/mol. The first kappa shape index (κ1) is 78.0. The minimum Gasteiger partial charge on any atom is -1.00 e. The summed E-state index contributed by atoms with van der Waals surface area (Å²) < 4.78 is 0. The van der Waals surface area contributed by atoms with Crippen LogP contribution in [0.15, 0.2) is 0 Å². The smallest absolute Gasteiger partial charge is 1.00 e. The standard InChI is InChI=1S/CO.4ClH.Ru/c1-2;;;;;/h;4*1H;/q;;;;;+4/p-4. The fourth-order valence-electron chi connectivity index (χ4n) is 0. The molecule has 0 atom stereocenters. The van der Waals surface area contributed by atoms with E-state index in [0.717, 1.165) is 0 Å². The summed E-state index contributed by atoms with van der Waals surface area (Å²) in [5, 5.41) is 0. The molecule has 0 heterocycles. The Bertz CT molecular complexity index is 11.7. The molecule has 46 valence electrons. The largest absolute Gasteiger partial charge is 4.00 e. The van der Waals surface area contributed by atoms with Gasteiger partial charge in [0.05, 0.1) is 0 Å². The van der Waals surface area contributed by atoms with Crippen LogP contribution in [0.4, 0.5) is 0 Å². The zero-order valence-electron chi connectivity index (χ0n) is 2.77. The zero-order chi connectivity index (χ0) is 2.00. The molecule has 0 aliphatic carbocycles. The molecule has 0 aromatic rings. The Labute approximate surface area is 80.4 Å². The van der Waals surface area contributed by atoms with E-state index in [1.807, 2.05) is 0 Å². The molecule has 0 aliphatic heterocycles. The Morgan fingerprint density at radius 1 is 0.714 bits per heavy atom. The van der Waals surface area contributed by atoms with E-state index in [9.17, 15) is 0 Å². The van der Waals surface area contributed by atoms with Crippen LogP contribution in [0.5, 0.6) is 0 Å². The second-order valence-corrected chi connectivity index (χ2v) is 0. The van der Waals surface area contributed by atoms with Gasteiger partial charge in [-0.1, -0.05) is 0 Å². The van der Waals surface area contributed by atoms with E-state index in [1.54, 1.807) is 0 Å². The van der Waals surface area contributed by atoms with Crippen LogP contribution >= 0.6 is 0 Å². The maximum Gasteiger partial charge on any atom is 4.00 e. The Hall–Kier alpha value is 1.45. The molecule has 0 saturated carbocycles. The van der Waals surface area contributed by atoms with E-state index in [-0.39, 0.29) is 69.1 Å². The summed E-state index contributed by atoms with van der Waals surface area (Å²) in [7, 11) is 0. The first-order valence-corrected chi connectivity index (χ1v) is 0.204. The molecule has 2 radical (unpaired) electrons. The molecule has 0 amide bonds. The summed E-state index contributed by atoms with van der Waals surface area (Å²) in [5.41, 5.74) is 0. The van der Waals surface area contributed by atoms with Crippen molar-refractivity contribution in [1.29, 1.82) is 0 Å². The van der Waals surface area contributed by atoms with E-state index in [4.69, 9.17) is 4.79 Å². The van der Waals surface area contributed by atoms with Crippen LogP contribution in [0.25, 0.3) is 0 Å². The van der Waals surface area contributed by atoms with E-state index in [1.165, 1.54) is 0 Å². The van der Waals surface area contributed by atoms with Gasteiger partial charge in [-0.3, -0.25) is 4.79 Å². The summed E-state index contributed by atoms with van der Waals surface area (Å²) in [6, 6.07) is 0. The Morgan fingerprint density at radius 2 is 0.714 bits per heavy atom. The molecular weight excluding hydrogens is 271 g/mol. The van der Waals surface area contributed by atoms with Gasteiger partial charge in [0.2, 0.25) is 0 Å². The van der Waals surface area contributed by atoms with E-state index in [2.05, 4.69) is 6.79 Å². The SMILES string of the molecule is [C]=O.[Cl-].[Cl-].[Cl-].[Cl-].[Ru+4]. The Balaban J connectivity index is -0.000000000500. The first-order chi connectivity index (χ1) is 1.00. The fraction of sp³-hybridized carbons (Fsp3) is 0. The van der Waals surface area contributed by atoms with Crippen molar-refractivity contribution in [3.8, 4) is 0 Å². The van der Waals surface area contributed by atoms with Gasteiger partial charge in [0.1, 0.15) is 0 Å². The molecule has 0 rings (SSSR count). The third kappa shape index (κ3) is 105. The van der Waals surface area contributed by atoms with Gasteiger partial charge in [-0.05, 0) is 0 Å². The third-order valence-corrected chi connectivity index (χ3v) is 0. The van der Waals surface area contributed by atoms with Gasteiger partial charge in [-0.2, -0.15) is 0 Å². The van der Waals surface area contributed by atoms with Crippen molar-refractivity contribution >= 4 is 6.79 Å². The van der Waals surface area contributed by atoms with E-state index in [0.29, 0.717) is 0 Å². The summed E-state index contributed by atoms with van der Waals surface area (Å²) in [4.78, 5) is 7.50. The maximum absolute atomic E-state index is 7.50. The van der Waals surface area contributed by atoms with Gasteiger partial charge in [0.25, 0.3) is 6.79 Å². The molecule has 0 spiro atoms. The van der Waals surface area contributed by atoms with Gasteiger partial charge < -0.3 is 49.6 Å². The minimum absolute atomic E-state index is 0. The molecule has 0 N–H and O–H groups in total. The van der Waals surface area contributed by atoms with Crippen LogP contribution in [0.2, 0.25) is 0 Å². The van der Waals surface area contributed by atoms with Crippen molar-refractivity contribution in [2.24, 2.45) is 0 Å². The molecule has 6 heteroatoms. The van der Waals surface area contributed by atoms with Crippen LogP contribution in [0.3, 0.4) is 0 Å². The van der Waals surface area contributed by atoms with Gasteiger partial charge in [0.15, 0.2) is 0 Å². The topological polar surface area (TPSA) is 17.1 Å². The molecular formula is CCl4ORu. The molecule has 0 unspecified atom stereocenters. The van der Waals surface area contributed by atoms with E-state index >= 15 is 0 Å². The molecule has 0 saturated heterocycles. The second kappa shape index (κ2) is 147. The van der Waals surface area contributed by atoms with Gasteiger partial charge >= 0.3 is 19.5 Å². The van der Waals surface area contributed by atoms with Crippen LogP contribution in [-0.2, 0) is 24.3 Å². The number of hydrogen-bond acceptors (Lipinski definition) is 1. The molecule has 0 aromatic carbocycles. The summed E-state index contributed by atoms with van der Waals surface area (Å²) >= 11 is 0. The fourth-order valence-corrected chi connectivity index (χ4v) is 0. The predicted octanol–water partition coefficient (Wildman–Crippen LogP) is -12.4. The Kier molecular flexibility index (Phi) is 1640. The van der Waals surface area contributed by atoms with Gasteiger partial charge in [-0.25, -0.2) is 0 Å². The summed E-state index contributed by atoms with van der Waals surface area (Å²) in [6.07, 6.45) is 0. The minimum atomic E-state index is 0. The van der Waals surface area contributed by atoms with Gasteiger partial charge in [-0.15, -0.1) is 0 Å². The molecule has 0 bridgehead atoms. The van der Waals surface area contributed by atoms with Crippen molar-refractivity contribution < 1.29 is 73.9 Å². The summed E-state index contributed by atoms with van der Waals surface area (Å²) in [6.45, 7) is 4.50. The third-order valence-electron chi connectivity index (χ3n) is 0. The van der Waals surface area contributed by atoms with Crippen molar-refractivity contribution in [2.75, 3.05) is 0 Å². The summed E-state index contributed by atoms with van der Waals surface area (Å²) in [5.74, 6) is 0. The van der Waals surface area contributed by atoms with Crippen LogP contribution in [0.1, 0.15) is 0 Å². The molecule has 0 fully saturated rings. The normalized spacial score (nSPS) is 0.571. The molecule has 0 aliphatic rings. The van der Waals surface area contributed by atoms with Gasteiger partial charge in [0, 0.05) is 0 Å². The average molecular weight is 271 g/mol. The van der Waals surface area contributed by atoms with E-state index < -0.39 is 0 Å².